The van der Waals surface area contributed by atoms with Crippen LogP contribution in [0.3, 0.4) is 0 Å². The summed E-state index contributed by atoms with van der Waals surface area (Å²) in [6.07, 6.45) is 0. The van der Waals surface area contributed by atoms with Gasteiger partial charge in [-0.05, 0) is 30.3 Å². The first-order valence-electron chi connectivity index (χ1n) is 5.04. The molecular formula is C13H8ClF2NO. The SMILES string of the molecule is Nc1cccc(Cl)c1C(=O)c1ccc(F)c(F)c1. The first kappa shape index (κ1) is 12.5. The Morgan fingerprint density at radius 3 is 2.44 bits per heavy atom. The molecule has 2 aromatic rings. The van der Waals surface area contributed by atoms with Gasteiger partial charge in [-0.1, -0.05) is 17.7 Å². The van der Waals surface area contributed by atoms with Crippen molar-refractivity contribution < 1.29 is 13.6 Å². The van der Waals surface area contributed by atoms with Crippen molar-refractivity contribution in [1.29, 1.82) is 0 Å². The predicted octanol–water partition coefficient (Wildman–Crippen LogP) is 3.43. The molecule has 0 aromatic heterocycles. The van der Waals surface area contributed by atoms with Crippen molar-refractivity contribution in [2.45, 2.75) is 0 Å². The highest BCUT2D eigenvalue weighted by Gasteiger charge is 2.17. The van der Waals surface area contributed by atoms with Crippen molar-refractivity contribution in [1.82, 2.24) is 0 Å². The van der Waals surface area contributed by atoms with Crippen LogP contribution in [0.4, 0.5) is 14.5 Å². The minimum Gasteiger partial charge on any atom is -0.398 e. The second kappa shape index (κ2) is 4.74. The lowest BCUT2D eigenvalue weighted by Crippen LogP contribution is -2.07. The van der Waals surface area contributed by atoms with Crippen LogP contribution in [0.1, 0.15) is 15.9 Å². The van der Waals surface area contributed by atoms with Crippen LogP contribution >= 0.6 is 11.6 Å². The molecule has 0 saturated carbocycles. The van der Waals surface area contributed by atoms with E-state index in [0.717, 1.165) is 12.1 Å². The van der Waals surface area contributed by atoms with Gasteiger partial charge in [0, 0.05) is 11.3 Å². The third kappa shape index (κ3) is 2.19. The molecule has 2 nitrogen and oxygen atoms in total. The van der Waals surface area contributed by atoms with Crippen LogP contribution < -0.4 is 5.73 Å². The maximum absolute atomic E-state index is 13.1. The molecule has 2 N–H and O–H groups in total. The summed E-state index contributed by atoms with van der Waals surface area (Å²) in [4.78, 5) is 12.1. The van der Waals surface area contributed by atoms with E-state index >= 15 is 0 Å². The predicted molar refractivity (Wildman–Crippen MR) is 65.7 cm³/mol. The Labute approximate surface area is 107 Å². The van der Waals surface area contributed by atoms with Crippen molar-refractivity contribution in [3.8, 4) is 0 Å². The summed E-state index contributed by atoms with van der Waals surface area (Å²) < 4.78 is 25.9. The highest BCUT2D eigenvalue weighted by molar-refractivity contribution is 6.35. The number of hydrogen-bond donors (Lipinski definition) is 1. The molecule has 92 valence electrons. The summed E-state index contributed by atoms with van der Waals surface area (Å²) in [6, 6.07) is 7.50. The number of nitrogens with two attached hydrogens (primary N) is 1. The maximum atomic E-state index is 13.1. The quantitative estimate of drug-likeness (QED) is 0.669. The summed E-state index contributed by atoms with van der Waals surface area (Å²) in [6.45, 7) is 0. The molecule has 0 amide bonds. The van der Waals surface area contributed by atoms with Gasteiger partial charge in [-0.2, -0.15) is 0 Å². The van der Waals surface area contributed by atoms with Gasteiger partial charge in [0.25, 0.3) is 0 Å². The molecule has 0 aliphatic carbocycles. The Kier molecular flexibility index (Phi) is 3.30. The monoisotopic (exact) mass is 267 g/mol. The number of carbonyl (C=O) groups excluding carboxylic acids is 1. The zero-order chi connectivity index (χ0) is 13.3. The molecule has 0 aliphatic rings. The van der Waals surface area contributed by atoms with Crippen LogP contribution in [0.2, 0.25) is 5.02 Å². The lowest BCUT2D eigenvalue weighted by Gasteiger charge is -2.07. The molecule has 0 saturated heterocycles. The molecule has 0 bridgehead atoms. The molecule has 18 heavy (non-hydrogen) atoms. The van der Waals surface area contributed by atoms with E-state index in [1.165, 1.54) is 18.2 Å². The van der Waals surface area contributed by atoms with Crippen LogP contribution in [0.15, 0.2) is 36.4 Å². The normalized spacial score (nSPS) is 10.4. The van der Waals surface area contributed by atoms with Gasteiger partial charge >= 0.3 is 0 Å². The van der Waals surface area contributed by atoms with Crippen molar-refractivity contribution in [3.05, 3.63) is 64.2 Å². The van der Waals surface area contributed by atoms with E-state index in [9.17, 15) is 13.6 Å². The summed E-state index contributed by atoms with van der Waals surface area (Å²) in [5.74, 6) is -2.65. The number of anilines is 1. The molecule has 0 aliphatic heterocycles. The number of carbonyl (C=O) groups is 1. The van der Waals surface area contributed by atoms with E-state index in [-0.39, 0.29) is 21.8 Å². The number of ketones is 1. The minimum atomic E-state index is -1.09. The molecule has 0 atom stereocenters. The summed E-state index contributed by atoms with van der Waals surface area (Å²) >= 11 is 5.88. The largest absolute Gasteiger partial charge is 0.398 e. The van der Waals surface area contributed by atoms with E-state index in [2.05, 4.69) is 0 Å². The zero-order valence-corrected chi connectivity index (χ0v) is 9.84. The molecule has 5 heteroatoms. The zero-order valence-electron chi connectivity index (χ0n) is 9.08. The number of rotatable bonds is 2. The molecule has 0 unspecified atom stereocenters. The number of hydrogen-bond acceptors (Lipinski definition) is 2. The van der Waals surface area contributed by atoms with Crippen molar-refractivity contribution in [2.75, 3.05) is 5.73 Å². The first-order chi connectivity index (χ1) is 8.50. The minimum absolute atomic E-state index is 0.00583. The lowest BCUT2D eigenvalue weighted by atomic mass is 10.0. The molecule has 2 rings (SSSR count). The third-order valence-corrected chi connectivity index (χ3v) is 2.77. The van der Waals surface area contributed by atoms with E-state index < -0.39 is 17.4 Å². The Bertz CT molecular complexity index is 608. The van der Waals surface area contributed by atoms with Gasteiger partial charge in [0.05, 0.1) is 10.6 Å². The van der Waals surface area contributed by atoms with Crippen molar-refractivity contribution in [2.24, 2.45) is 0 Å². The summed E-state index contributed by atoms with van der Waals surface area (Å²) in [5, 5.41) is 0.171. The van der Waals surface area contributed by atoms with Crippen molar-refractivity contribution in [3.63, 3.8) is 0 Å². The Morgan fingerprint density at radius 2 is 1.83 bits per heavy atom. The fraction of sp³-hybridized carbons (Fsp3) is 0. The van der Waals surface area contributed by atoms with Crippen LogP contribution in [0, 0.1) is 11.6 Å². The van der Waals surface area contributed by atoms with E-state index in [4.69, 9.17) is 17.3 Å². The molecule has 0 heterocycles. The van der Waals surface area contributed by atoms with Crippen LogP contribution in [-0.2, 0) is 0 Å². The van der Waals surface area contributed by atoms with Gasteiger partial charge in [-0.15, -0.1) is 0 Å². The number of nitrogen functional groups attached to an aromatic ring is 1. The average Bonchev–Trinajstić information content (AvgIpc) is 2.32. The summed E-state index contributed by atoms with van der Waals surface area (Å²) in [5.41, 5.74) is 5.93. The second-order valence-electron chi connectivity index (χ2n) is 3.66. The van der Waals surface area contributed by atoms with Gasteiger partial charge in [0.15, 0.2) is 17.4 Å². The molecule has 0 radical (unpaired) electrons. The van der Waals surface area contributed by atoms with Crippen molar-refractivity contribution >= 4 is 23.1 Å². The Hall–Kier alpha value is -1.94. The van der Waals surface area contributed by atoms with Crippen LogP contribution in [0.5, 0.6) is 0 Å². The average molecular weight is 268 g/mol. The van der Waals surface area contributed by atoms with E-state index in [0.29, 0.717) is 0 Å². The van der Waals surface area contributed by atoms with Gasteiger partial charge in [-0.25, -0.2) is 8.78 Å². The van der Waals surface area contributed by atoms with Gasteiger partial charge in [-0.3, -0.25) is 4.79 Å². The van der Waals surface area contributed by atoms with E-state index in [1.54, 1.807) is 6.07 Å². The highest BCUT2D eigenvalue weighted by atomic mass is 35.5. The second-order valence-corrected chi connectivity index (χ2v) is 4.07. The highest BCUT2D eigenvalue weighted by Crippen LogP contribution is 2.25. The fourth-order valence-electron chi connectivity index (χ4n) is 1.56. The smallest absolute Gasteiger partial charge is 0.196 e. The standard InChI is InChI=1S/C13H8ClF2NO/c14-8-2-1-3-11(17)12(8)13(18)7-4-5-9(15)10(16)6-7/h1-6H,17H2. The Morgan fingerprint density at radius 1 is 1.11 bits per heavy atom. The van der Waals surface area contributed by atoms with Crippen LogP contribution in [0.25, 0.3) is 0 Å². The molecule has 2 aromatic carbocycles. The van der Waals surface area contributed by atoms with Gasteiger partial charge < -0.3 is 5.73 Å². The van der Waals surface area contributed by atoms with E-state index in [1.807, 2.05) is 0 Å². The number of halogens is 3. The maximum Gasteiger partial charge on any atom is 0.196 e. The fourth-order valence-corrected chi connectivity index (χ4v) is 1.83. The van der Waals surface area contributed by atoms with Crippen LogP contribution in [-0.4, -0.2) is 5.78 Å². The molecule has 0 spiro atoms. The molecule has 0 fully saturated rings. The summed E-state index contributed by atoms with van der Waals surface area (Å²) in [7, 11) is 0. The van der Waals surface area contributed by atoms with Gasteiger partial charge in [0.1, 0.15) is 0 Å². The number of benzene rings is 2. The van der Waals surface area contributed by atoms with Gasteiger partial charge in [0.2, 0.25) is 0 Å². The lowest BCUT2D eigenvalue weighted by molar-refractivity contribution is 0.103. The Balaban J connectivity index is 2.51. The topological polar surface area (TPSA) is 43.1 Å². The molecular weight excluding hydrogens is 260 g/mol. The first-order valence-corrected chi connectivity index (χ1v) is 5.42. The third-order valence-electron chi connectivity index (χ3n) is 2.45.